The molecule has 0 aliphatic carbocycles. The summed E-state index contributed by atoms with van der Waals surface area (Å²) >= 11 is 0. The first-order valence-corrected chi connectivity index (χ1v) is 5.58. The summed E-state index contributed by atoms with van der Waals surface area (Å²) in [5.41, 5.74) is 2.39. The van der Waals surface area contributed by atoms with E-state index >= 15 is 0 Å². The van der Waals surface area contributed by atoms with Gasteiger partial charge in [-0.1, -0.05) is 0 Å². The third-order valence-electron chi connectivity index (χ3n) is 2.83. The highest BCUT2D eigenvalue weighted by molar-refractivity contribution is 5.14. The number of nitrogens with one attached hydrogen (secondary N) is 1. The molecule has 1 aliphatic heterocycles. The Labute approximate surface area is 90.6 Å². The Bertz CT molecular complexity index is 316. The van der Waals surface area contributed by atoms with Gasteiger partial charge in [0.2, 0.25) is 0 Å². The molecule has 2 heterocycles. The third kappa shape index (κ3) is 2.58. The second kappa shape index (κ2) is 4.77. The predicted octanol–water partition coefficient (Wildman–Crippen LogP) is 1.09. The second-order valence-electron chi connectivity index (χ2n) is 4.13. The minimum atomic E-state index is 0.367. The standard InChI is InChI=1S/C11H19N3O/c1-9-10(6-12-2)7-14(13-9)8-11-4-3-5-15-11/h7,11-12H,3-6,8H2,1-2H3. The number of ether oxygens (including phenoxy) is 1. The molecule has 0 saturated carbocycles. The van der Waals surface area contributed by atoms with Crippen molar-refractivity contribution >= 4 is 0 Å². The molecule has 0 amide bonds. The zero-order valence-corrected chi connectivity index (χ0v) is 9.49. The van der Waals surface area contributed by atoms with Crippen LogP contribution >= 0.6 is 0 Å². The van der Waals surface area contributed by atoms with Gasteiger partial charge < -0.3 is 10.1 Å². The lowest BCUT2D eigenvalue weighted by Gasteiger charge is -2.08. The summed E-state index contributed by atoms with van der Waals surface area (Å²) in [6, 6.07) is 0. The van der Waals surface area contributed by atoms with Crippen molar-refractivity contribution in [1.29, 1.82) is 0 Å². The number of hydrogen-bond acceptors (Lipinski definition) is 3. The molecular formula is C11H19N3O. The fourth-order valence-electron chi connectivity index (χ4n) is 2.01. The SMILES string of the molecule is CNCc1cn(CC2CCCO2)nc1C. The molecule has 0 radical (unpaired) electrons. The van der Waals surface area contributed by atoms with Crippen LogP contribution in [0.3, 0.4) is 0 Å². The number of nitrogens with zero attached hydrogens (tertiary/aromatic N) is 2. The first-order chi connectivity index (χ1) is 7.29. The van der Waals surface area contributed by atoms with Crippen LogP contribution in [-0.4, -0.2) is 29.5 Å². The number of rotatable bonds is 4. The maximum atomic E-state index is 5.59. The van der Waals surface area contributed by atoms with Crippen molar-refractivity contribution in [2.45, 2.75) is 39.0 Å². The molecular weight excluding hydrogens is 190 g/mol. The predicted molar refractivity (Wildman–Crippen MR) is 58.7 cm³/mol. The summed E-state index contributed by atoms with van der Waals surface area (Å²) in [6.07, 6.45) is 4.84. The van der Waals surface area contributed by atoms with Gasteiger partial charge >= 0.3 is 0 Å². The molecule has 0 bridgehead atoms. The van der Waals surface area contributed by atoms with Gasteiger partial charge in [0.05, 0.1) is 18.3 Å². The van der Waals surface area contributed by atoms with E-state index in [0.717, 1.165) is 25.4 Å². The highest BCUT2D eigenvalue weighted by atomic mass is 16.5. The molecule has 0 aromatic carbocycles. The molecule has 1 fully saturated rings. The summed E-state index contributed by atoms with van der Waals surface area (Å²) in [5, 5.41) is 7.64. The first-order valence-electron chi connectivity index (χ1n) is 5.58. The zero-order chi connectivity index (χ0) is 10.7. The largest absolute Gasteiger partial charge is 0.376 e. The lowest BCUT2D eigenvalue weighted by atomic mass is 10.2. The Balaban J connectivity index is 1.98. The Morgan fingerprint density at radius 2 is 2.53 bits per heavy atom. The zero-order valence-electron chi connectivity index (χ0n) is 9.49. The van der Waals surface area contributed by atoms with E-state index in [9.17, 15) is 0 Å². The smallest absolute Gasteiger partial charge is 0.0771 e. The van der Waals surface area contributed by atoms with E-state index in [0.29, 0.717) is 6.10 Å². The van der Waals surface area contributed by atoms with Gasteiger partial charge in [0.25, 0.3) is 0 Å². The van der Waals surface area contributed by atoms with Crippen molar-refractivity contribution in [3.05, 3.63) is 17.5 Å². The molecule has 4 heteroatoms. The van der Waals surface area contributed by atoms with E-state index in [1.54, 1.807) is 0 Å². The second-order valence-corrected chi connectivity index (χ2v) is 4.13. The van der Waals surface area contributed by atoms with Crippen LogP contribution in [0.5, 0.6) is 0 Å². The van der Waals surface area contributed by atoms with E-state index in [4.69, 9.17) is 4.74 Å². The Morgan fingerprint density at radius 3 is 3.20 bits per heavy atom. The quantitative estimate of drug-likeness (QED) is 0.807. The van der Waals surface area contributed by atoms with Crippen molar-refractivity contribution in [2.75, 3.05) is 13.7 Å². The van der Waals surface area contributed by atoms with Crippen molar-refractivity contribution in [3.8, 4) is 0 Å². The average Bonchev–Trinajstić information content (AvgIpc) is 2.79. The van der Waals surface area contributed by atoms with Crippen LogP contribution in [0.25, 0.3) is 0 Å². The van der Waals surface area contributed by atoms with E-state index in [2.05, 4.69) is 23.5 Å². The third-order valence-corrected chi connectivity index (χ3v) is 2.83. The van der Waals surface area contributed by atoms with Crippen LogP contribution < -0.4 is 5.32 Å². The van der Waals surface area contributed by atoms with Crippen molar-refractivity contribution in [3.63, 3.8) is 0 Å². The van der Waals surface area contributed by atoms with E-state index in [-0.39, 0.29) is 0 Å². The molecule has 0 spiro atoms. The lowest BCUT2D eigenvalue weighted by Crippen LogP contribution is -2.15. The van der Waals surface area contributed by atoms with Crippen molar-refractivity contribution in [2.24, 2.45) is 0 Å². The van der Waals surface area contributed by atoms with Crippen LogP contribution in [-0.2, 0) is 17.8 Å². The Hall–Kier alpha value is -0.870. The van der Waals surface area contributed by atoms with Crippen LogP contribution in [0.2, 0.25) is 0 Å². The molecule has 1 aromatic rings. The number of aromatic nitrogens is 2. The van der Waals surface area contributed by atoms with E-state index < -0.39 is 0 Å². The minimum absolute atomic E-state index is 0.367. The molecule has 84 valence electrons. The molecule has 1 atom stereocenters. The van der Waals surface area contributed by atoms with Gasteiger partial charge in [-0.2, -0.15) is 5.10 Å². The topological polar surface area (TPSA) is 39.1 Å². The van der Waals surface area contributed by atoms with Gasteiger partial charge in [-0.3, -0.25) is 4.68 Å². The Kier molecular flexibility index (Phi) is 3.38. The van der Waals surface area contributed by atoms with Crippen LogP contribution in [0.15, 0.2) is 6.20 Å². The monoisotopic (exact) mass is 209 g/mol. The maximum absolute atomic E-state index is 5.59. The van der Waals surface area contributed by atoms with E-state index in [1.807, 2.05) is 11.7 Å². The molecule has 1 aliphatic rings. The summed E-state index contributed by atoms with van der Waals surface area (Å²) in [6.45, 7) is 4.74. The molecule has 2 rings (SSSR count). The normalized spacial score (nSPS) is 21.1. The Morgan fingerprint density at radius 1 is 1.67 bits per heavy atom. The van der Waals surface area contributed by atoms with E-state index in [1.165, 1.54) is 18.4 Å². The van der Waals surface area contributed by atoms with Gasteiger partial charge in [-0.15, -0.1) is 0 Å². The minimum Gasteiger partial charge on any atom is -0.376 e. The van der Waals surface area contributed by atoms with Crippen molar-refractivity contribution in [1.82, 2.24) is 15.1 Å². The molecule has 1 unspecified atom stereocenters. The van der Waals surface area contributed by atoms with Gasteiger partial charge in [0, 0.05) is 24.9 Å². The molecule has 15 heavy (non-hydrogen) atoms. The summed E-state index contributed by atoms with van der Waals surface area (Å²) in [4.78, 5) is 0. The average molecular weight is 209 g/mol. The molecule has 1 aromatic heterocycles. The summed E-state index contributed by atoms with van der Waals surface area (Å²) < 4.78 is 7.60. The van der Waals surface area contributed by atoms with Gasteiger partial charge in [0.1, 0.15) is 0 Å². The highest BCUT2D eigenvalue weighted by Crippen LogP contribution is 2.14. The van der Waals surface area contributed by atoms with Crippen LogP contribution in [0, 0.1) is 6.92 Å². The summed E-state index contributed by atoms with van der Waals surface area (Å²) in [5.74, 6) is 0. The van der Waals surface area contributed by atoms with Crippen molar-refractivity contribution < 1.29 is 4.74 Å². The van der Waals surface area contributed by atoms with Gasteiger partial charge in [0.15, 0.2) is 0 Å². The lowest BCUT2D eigenvalue weighted by molar-refractivity contribution is 0.0939. The highest BCUT2D eigenvalue weighted by Gasteiger charge is 2.16. The number of hydrogen-bond donors (Lipinski definition) is 1. The maximum Gasteiger partial charge on any atom is 0.0771 e. The molecule has 1 N–H and O–H groups in total. The fourth-order valence-corrected chi connectivity index (χ4v) is 2.01. The summed E-state index contributed by atoms with van der Waals surface area (Å²) in [7, 11) is 1.96. The van der Waals surface area contributed by atoms with Gasteiger partial charge in [-0.05, 0) is 26.8 Å². The van der Waals surface area contributed by atoms with Crippen LogP contribution in [0.4, 0.5) is 0 Å². The number of aryl methyl sites for hydroxylation is 1. The fraction of sp³-hybridized carbons (Fsp3) is 0.727. The first kappa shape index (κ1) is 10.6. The molecule has 4 nitrogen and oxygen atoms in total. The van der Waals surface area contributed by atoms with Gasteiger partial charge in [-0.25, -0.2) is 0 Å². The molecule has 1 saturated heterocycles. The van der Waals surface area contributed by atoms with Crippen LogP contribution in [0.1, 0.15) is 24.1 Å².